The lowest BCUT2D eigenvalue weighted by Gasteiger charge is -2.24. The average molecular weight is 301 g/mol. The van der Waals surface area contributed by atoms with Gasteiger partial charge in [-0.15, -0.1) is 11.3 Å². The Hall–Kier alpha value is -1.39. The van der Waals surface area contributed by atoms with Gasteiger partial charge in [0.05, 0.1) is 6.54 Å². The first-order chi connectivity index (χ1) is 10.2. The summed E-state index contributed by atoms with van der Waals surface area (Å²) in [6.07, 6.45) is 2.55. The molecule has 0 radical (unpaired) electrons. The molecule has 1 aliphatic carbocycles. The first-order valence-corrected chi connectivity index (χ1v) is 8.55. The van der Waals surface area contributed by atoms with Crippen molar-refractivity contribution in [3.05, 3.63) is 45.8 Å². The summed E-state index contributed by atoms with van der Waals surface area (Å²) in [6.45, 7) is 5.91. The second kappa shape index (κ2) is 6.16. The van der Waals surface area contributed by atoms with E-state index < -0.39 is 0 Å². The third-order valence-electron chi connectivity index (χ3n) is 3.91. The molecule has 1 saturated carbocycles. The first-order valence-electron chi connectivity index (χ1n) is 7.67. The number of aromatic nitrogens is 1. The second-order valence-electron chi connectivity index (χ2n) is 6.06. The molecule has 21 heavy (non-hydrogen) atoms. The van der Waals surface area contributed by atoms with E-state index in [4.69, 9.17) is 10.7 Å². The number of anilines is 1. The predicted molar refractivity (Wildman–Crippen MR) is 89.7 cm³/mol. The molecular weight excluding hydrogens is 278 g/mol. The summed E-state index contributed by atoms with van der Waals surface area (Å²) >= 11 is 1.82. The van der Waals surface area contributed by atoms with Gasteiger partial charge in [0.25, 0.3) is 0 Å². The summed E-state index contributed by atoms with van der Waals surface area (Å²) in [5, 5.41) is 2.14. The van der Waals surface area contributed by atoms with Gasteiger partial charge >= 0.3 is 0 Å². The van der Waals surface area contributed by atoms with E-state index in [0.29, 0.717) is 18.5 Å². The zero-order chi connectivity index (χ0) is 14.8. The molecule has 3 nitrogen and oxygen atoms in total. The van der Waals surface area contributed by atoms with Crippen LogP contribution in [-0.4, -0.2) is 11.0 Å². The van der Waals surface area contributed by atoms with Gasteiger partial charge in [-0.05, 0) is 47.9 Å². The van der Waals surface area contributed by atoms with Crippen LogP contribution in [-0.2, 0) is 13.1 Å². The SMILES string of the molecule is CC(C)c1cc(CN)cc(N(Cc2cccs2)C2CC2)n1. The van der Waals surface area contributed by atoms with Crippen molar-refractivity contribution in [2.45, 2.75) is 51.7 Å². The standard InChI is InChI=1S/C17H23N3S/c1-12(2)16-8-13(10-18)9-17(19-16)20(14-5-6-14)11-15-4-3-7-21-15/h3-4,7-9,12,14H,5-6,10-11,18H2,1-2H3. The molecule has 4 heteroatoms. The van der Waals surface area contributed by atoms with E-state index >= 15 is 0 Å². The fraction of sp³-hybridized carbons (Fsp3) is 0.471. The van der Waals surface area contributed by atoms with E-state index in [1.54, 1.807) is 0 Å². The average Bonchev–Trinajstić information content (AvgIpc) is 3.20. The maximum atomic E-state index is 5.87. The fourth-order valence-electron chi connectivity index (χ4n) is 2.51. The van der Waals surface area contributed by atoms with Gasteiger partial charge in [-0.25, -0.2) is 4.98 Å². The smallest absolute Gasteiger partial charge is 0.129 e. The topological polar surface area (TPSA) is 42.1 Å². The summed E-state index contributed by atoms with van der Waals surface area (Å²) in [5.41, 5.74) is 8.20. The van der Waals surface area contributed by atoms with Crippen LogP contribution in [0.1, 0.15) is 48.7 Å². The van der Waals surface area contributed by atoms with Crippen LogP contribution in [0, 0.1) is 0 Å². The number of rotatable bonds is 6. The number of nitrogens with zero attached hydrogens (tertiary/aromatic N) is 2. The number of nitrogens with two attached hydrogens (primary N) is 1. The molecule has 0 atom stereocenters. The van der Waals surface area contributed by atoms with E-state index in [1.165, 1.54) is 23.3 Å². The molecule has 2 heterocycles. The summed E-state index contributed by atoms with van der Waals surface area (Å²) in [7, 11) is 0. The van der Waals surface area contributed by atoms with Crippen molar-refractivity contribution in [2.24, 2.45) is 5.73 Å². The molecule has 0 unspecified atom stereocenters. The highest BCUT2D eigenvalue weighted by molar-refractivity contribution is 7.09. The minimum absolute atomic E-state index is 0.429. The van der Waals surface area contributed by atoms with Crippen molar-refractivity contribution in [1.29, 1.82) is 0 Å². The van der Waals surface area contributed by atoms with Crippen LogP contribution in [0.15, 0.2) is 29.6 Å². The molecule has 2 aromatic rings. The van der Waals surface area contributed by atoms with E-state index in [2.05, 4.69) is 48.4 Å². The largest absolute Gasteiger partial charge is 0.348 e. The van der Waals surface area contributed by atoms with Crippen LogP contribution >= 0.6 is 11.3 Å². The van der Waals surface area contributed by atoms with E-state index in [-0.39, 0.29) is 0 Å². The van der Waals surface area contributed by atoms with Crippen molar-refractivity contribution < 1.29 is 0 Å². The normalized spacial score (nSPS) is 14.7. The lowest BCUT2D eigenvalue weighted by Crippen LogP contribution is -2.26. The second-order valence-corrected chi connectivity index (χ2v) is 7.09. The van der Waals surface area contributed by atoms with Crippen LogP contribution in [0.5, 0.6) is 0 Å². The van der Waals surface area contributed by atoms with Crippen molar-refractivity contribution in [2.75, 3.05) is 4.90 Å². The lowest BCUT2D eigenvalue weighted by atomic mass is 10.1. The Labute approximate surface area is 130 Å². The van der Waals surface area contributed by atoms with Gasteiger partial charge in [-0.2, -0.15) is 0 Å². The highest BCUT2D eigenvalue weighted by Crippen LogP contribution is 2.34. The Bertz CT molecular complexity index is 588. The highest BCUT2D eigenvalue weighted by Gasteiger charge is 2.30. The zero-order valence-electron chi connectivity index (χ0n) is 12.7. The fourth-order valence-corrected chi connectivity index (χ4v) is 3.21. The van der Waals surface area contributed by atoms with Crippen molar-refractivity contribution >= 4 is 17.2 Å². The molecule has 0 saturated heterocycles. The van der Waals surface area contributed by atoms with Crippen LogP contribution < -0.4 is 10.6 Å². The quantitative estimate of drug-likeness (QED) is 0.880. The summed E-state index contributed by atoms with van der Waals surface area (Å²) in [4.78, 5) is 8.75. The van der Waals surface area contributed by atoms with E-state index in [0.717, 1.165) is 18.1 Å². The minimum atomic E-state index is 0.429. The van der Waals surface area contributed by atoms with Gasteiger partial charge in [-0.1, -0.05) is 19.9 Å². The van der Waals surface area contributed by atoms with Gasteiger partial charge in [0, 0.05) is 23.2 Å². The monoisotopic (exact) mass is 301 g/mol. The van der Waals surface area contributed by atoms with Crippen molar-refractivity contribution in [3.63, 3.8) is 0 Å². The van der Waals surface area contributed by atoms with Crippen molar-refractivity contribution in [1.82, 2.24) is 4.98 Å². The third kappa shape index (κ3) is 3.44. The Morgan fingerprint density at radius 3 is 2.76 bits per heavy atom. The van der Waals surface area contributed by atoms with Crippen LogP contribution in [0.2, 0.25) is 0 Å². The summed E-state index contributed by atoms with van der Waals surface area (Å²) in [6, 6.07) is 9.28. The summed E-state index contributed by atoms with van der Waals surface area (Å²) < 4.78 is 0. The van der Waals surface area contributed by atoms with Crippen LogP contribution in [0.4, 0.5) is 5.82 Å². The zero-order valence-corrected chi connectivity index (χ0v) is 13.6. The van der Waals surface area contributed by atoms with E-state index in [9.17, 15) is 0 Å². The van der Waals surface area contributed by atoms with Gasteiger partial charge in [0.1, 0.15) is 5.82 Å². The third-order valence-corrected chi connectivity index (χ3v) is 4.77. The Balaban J connectivity index is 1.92. The number of pyridine rings is 1. The highest BCUT2D eigenvalue weighted by atomic mass is 32.1. The molecule has 1 fully saturated rings. The summed E-state index contributed by atoms with van der Waals surface area (Å²) in [5.74, 6) is 1.52. The maximum absolute atomic E-state index is 5.87. The number of hydrogen-bond donors (Lipinski definition) is 1. The Morgan fingerprint density at radius 1 is 1.38 bits per heavy atom. The van der Waals surface area contributed by atoms with Gasteiger partial charge in [0.15, 0.2) is 0 Å². The molecule has 2 N–H and O–H groups in total. The predicted octanol–water partition coefficient (Wildman–Crippen LogP) is 3.89. The molecule has 0 aromatic carbocycles. The molecule has 1 aliphatic rings. The molecular formula is C17H23N3S. The van der Waals surface area contributed by atoms with Gasteiger partial charge in [0.2, 0.25) is 0 Å². The molecule has 2 aromatic heterocycles. The van der Waals surface area contributed by atoms with Gasteiger partial charge in [-0.3, -0.25) is 0 Å². The van der Waals surface area contributed by atoms with E-state index in [1.807, 2.05) is 11.3 Å². The molecule has 112 valence electrons. The maximum Gasteiger partial charge on any atom is 0.129 e. The Kier molecular flexibility index (Phi) is 4.27. The molecule has 0 amide bonds. The van der Waals surface area contributed by atoms with Crippen LogP contribution in [0.3, 0.4) is 0 Å². The first kappa shape index (κ1) is 14.5. The molecule has 0 spiro atoms. The lowest BCUT2D eigenvalue weighted by molar-refractivity contribution is 0.758. The Morgan fingerprint density at radius 2 is 2.19 bits per heavy atom. The van der Waals surface area contributed by atoms with Crippen molar-refractivity contribution in [3.8, 4) is 0 Å². The van der Waals surface area contributed by atoms with Gasteiger partial charge < -0.3 is 10.6 Å². The number of thiophene rings is 1. The number of hydrogen-bond acceptors (Lipinski definition) is 4. The minimum Gasteiger partial charge on any atom is -0.348 e. The van der Waals surface area contributed by atoms with Crippen LogP contribution in [0.25, 0.3) is 0 Å². The molecule has 3 rings (SSSR count). The molecule has 0 aliphatic heterocycles. The molecule has 0 bridgehead atoms.